The molecule has 0 saturated carbocycles. The normalized spacial score (nSPS) is 11.8. The second kappa shape index (κ2) is 9.94. The van der Waals surface area contributed by atoms with Gasteiger partial charge in [-0.25, -0.2) is 0 Å². The van der Waals surface area contributed by atoms with Gasteiger partial charge in [-0.3, -0.25) is 0 Å². The van der Waals surface area contributed by atoms with E-state index in [4.69, 9.17) is 0 Å². The van der Waals surface area contributed by atoms with Crippen LogP contribution in [0.25, 0.3) is 30.1 Å². The van der Waals surface area contributed by atoms with Crippen LogP contribution in [0.2, 0.25) is 0 Å². The van der Waals surface area contributed by atoms with Gasteiger partial charge in [0.25, 0.3) is 0 Å². The summed E-state index contributed by atoms with van der Waals surface area (Å²) in [6.07, 6.45) is 0. The summed E-state index contributed by atoms with van der Waals surface area (Å²) < 4.78 is 139. The molecule has 4 aromatic carbocycles. The summed E-state index contributed by atoms with van der Waals surface area (Å²) in [5.74, 6) is -25.6. The van der Waals surface area contributed by atoms with E-state index in [2.05, 4.69) is 0 Å². The van der Waals surface area contributed by atoms with E-state index in [-0.39, 0.29) is 8.87 Å². The molecule has 42 heavy (non-hydrogen) atoms. The van der Waals surface area contributed by atoms with E-state index in [0.717, 1.165) is 0 Å². The SMILES string of the molecule is O=C(c1cc2ccc3c(ccc4cc(C(=O)c5c(F)c(F)c(F)c(F)c5F)[se]c43)c2[se]1)c1c(F)c(F)c(F)c(F)c1F. The molecule has 0 fully saturated rings. The molecule has 0 spiro atoms. The molecule has 0 aliphatic carbocycles. The Kier molecular flexibility index (Phi) is 6.73. The standard InChI is InChI=1S/C28H6F10O2Se2/c29-15-13(16(30)20(34)23(37)19(15)33)25(39)11-5-7-1-3-9-10(27(7)41-11)4-2-8-6-12(42-28(8)9)26(40)14-17(31)21(35)24(38)22(36)18(14)32/h1-6H. The van der Waals surface area contributed by atoms with Crippen LogP contribution in [0.1, 0.15) is 29.6 Å². The summed E-state index contributed by atoms with van der Waals surface area (Å²) in [7, 11) is 0. The third kappa shape index (κ3) is 4.00. The fourth-order valence-corrected chi connectivity index (χ4v) is 9.23. The van der Waals surface area contributed by atoms with E-state index in [9.17, 15) is 53.5 Å². The molecule has 0 amide bonds. The molecule has 0 aliphatic heterocycles. The molecule has 6 aromatic rings. The second-order valence-electron chi connectivity index (χ2n) is 8.83. The first-order chi connectivity index (χ1) is 19.8. The molecule has 2 nitrogen and oxygen atoms in total. The first-order valence-corrected chi connectivity index (χ1v) is 14.8. The molecule has 0 aliphatic rings. The Morgan fingerprint density at radius 2 is 0.714 bits per heavy atom. The molecular formula is C28H6F10O2Se2. The molecule has 14 heteroatoms. The molecule has 2 aromatic heterocycles. The number of carbonyl (C=O) groups is 2. The van der Waals surface area contributed by atoms with Crippen molar-refractivity contribution >= 4 is 70.6 Å². The van der Waals surface area contributed by atoms with E-state index >= 15 is 0 Å². The van der Waals surface area contributed by atoms with Gasteiger partial charge in [-0.05, 0) is 0 Å². The van der Waals surface area contributed by atoms with Crippen LogP contribution >= 0.6 is 0 Å². The van der Waals surface area contributed by atoms with Crippen molar-refractivity contribution in [3.63, 3.8) is 0 Å². The predicted octanol–water partition coefficient (Wildman–Crippen LogP) is 7.11. The van der Waals surface area contributed by atoms with Crippen molar-refractivity contribution in [3.8, 4) is 0 Å². The monoisotopic (exact) mass is 724 g/mol. The van der Waals surface area contributed by atoms with E-state index in [0.29, 0.717) is 30.1 Å². The number of carbonyl (C=O) groups excluding carboxylic acids is 2. The van der Waals surface area contributed by atoms with Crippen molar-refractivity contribution in [2.75, 3.05) is 0 Å². The van der Waals surface area contributed by atoms with Crippen LogP contribution in [-0.4, -0.2) is 40.6 Å². The average molecular weight is 722 g/mol. The number of fused-ring (bicyclic) bond motifs is 5. The molecule has 212 valence electrons. The van der Waals surface area contributed by atoms with Crippen LogP contribution in [0.3, 0.4) is 0 Å². The number of rotatable bonds is 4. The molecule has 6 rings (SSSR count). The van der Waals surface area contributed by atoms with Crippen molar-refractivity contribution in [2.45, 2.75) is 0 Å². The van der Waals surface area contributed by atoms with E-state index in [1.54, 1.807) is 12.1 Å². The Morgan fingerprint density at radius 1 is 0.429 bits per heavy atom. The maximum absolute atomic E-state index is 14.3. The molecule has 0 saturated heterocycles. The van der Waals surface area contributed by atoms with Crippen molar-refractivity contribution < 1.29 is 53.5 Å². The van der Waals surface area contributed by atoms with Gasteiger partial charge in [0.05, 0.1) is 0 Å². The van der Waals surface area contributed by atoms with Crippen molar-refractivity contribution in [3.05, 3.63) is 115 Å². The first-order valence-electron chi connectivity index (χ1n) is 11.3. The third-order valence-electron chi connectivity index (χ3n) is 6.48. The maximum atomic E-state index is 14.3. The van der Waals surface area contributed by atoms with E-state index < -0.39 is 110 Å². The molecule has 2 heterocycles. The molecule has 0 unspecified atom stereocenters. The van der Waals surface area contributed by atoms with Gasteiger partial charge in [0, 0.05) is 0 Å². The van der Waals surface area contributed by atoms with Crippen LogP contribution in [0.15, 0.2) is 36.4 Å². The van der Waals surface area contributed by atoms with Gasteiger partial charge >= 0.3 is 239 Å². The summed E-state index contributed by atoms with van der Waals surface area (Å²) in [4.78, 5) is 25.8. The summed E-state index contributed by atoms with van der Waals surface area (Å²) in [5.41, 5.74) is -3.16. The Labute approximate surface area is 238 Å². The van der Waals surface area contributed by atoms with Gasteiger partial charge in [-0.2, -0.15) is 0 Å². The molecule has 0 radical (unpaired) electrons. The van der Waals surface area contributed by atoms with Gasteiger partial charge in [-0.1, -0.05) is 0 Å². The minimum atomic E-state index is -2.40. The van der Waals surface area contributed by atoms with Crippen LogP contribution < -0.4 is 0 Å². The van der Waals surface area contributed by atoms with Crippen molar-refractivity contribution in [1.29, 1.82) is 0 Å². The van der Waals surface area contributed by atoms with Gasteiger partial charge in [0.1, 0.15) is 0 Å². The number of benzene rings is 4. The van der Waals surface area contributed by atoms with Crippen LogP contribution in [0.4, 0.5) is 43.9 Å². The summed E-state index contributed by atoms with van der Waals surface area (Å²) in [6.45, 7) is 0. The molecule has 0 bridgehead atoms. The van der Waals surface area contributed by atoms with Crippen LogP contribution in [-0.2, 0) is 0 Å². The number of hydrogen-bond donors (Lipinski definition) is 0. The number of ketones is 2. The van der Waals surface area contributed by atoms with Crippen molar-refractivity contribution in [2.24, 2.45) is 0 Å². The average Bonchev–Trinajstić information content (AvgIpc) is 3.62. The second-order valence-corrected chi connectivity index (χ2v) is 13.2. The van der Waals surface area contributed by atoms with Gasteiger partial charge in [0.2, 0.25) is 0 Å². The summed E-state index contributed by atoms with van der Waals surface area (Å²) in [5, 5.41) is 1.91. The molecular weight excluding hydrogens is 716 g/mol. The Morgan fingerprint density at radius 3 is 1.02 bits per heavy atom. The fourth-order valence-electron chi connectivity index (χ4n) is 4.48. The first kappa shape index (κ1) is 28.4. The zero-order chi connectivity index (χ0) is 30.4. The number of halogens is 10. The van der Waals surface area contributed by atoms with E-state index in [1.807, 2.05) is 0 Å². The van der Waals surface area contributed by atoms with Gasteiger partial charge in [0.15, 0.2) is 0 Å². The zero-order valence-corrected chi connectivity index (χ0v) is 23.3. The quantitative estimate of drug-likeness (QED) is 0.0640. The zero-order valence-electron chi connectivity index (χ0n) is 19.9. The third-order valence-corrected chi connectivity index (χ3v) is 11.4. The Balaban J connectivity index is 1.48. The Bertz CT molecular complexity index is 1990. The van der Waals surface area contributed by atoms with Gasteiger partial charge < -0.3 is 0 Å². The summed E-state index contributed by atoms with van der Waals surface area (Å²) >= 11 is -1.93. The minimum absolute atomic E-state index is 0.195. The summed E-state index contributed by atoms with van der Waals surface area (Å²) in [6, 6.07) is 8.74. The van der Waals surface area contributed by atoms with Crippen molar-refractivity contribution in [1.82, 2.24) is 0 Å². The van der Waals surface area contributed by atoms with Crippen LogP contribution in [0.5, 0.6) is 0 Å². The molecule has 0 N–H and O–H groups in total. The Hall–Kier alpha value is -3.70. The predicted molar refractivity (Wildman–Crippen MR) is 132 cm³/mol. The topological polar surface area (TPSA) is 34.1 Å². The fraction of sp³-hybridized carbons (Fsp3) is 0. The number of hydrogen-bond acceptors (Lipinski definition) is 2. The molecule has 0 atom stereocenters. The van der Waals surface area contributed by atoms with Gasteiger partial charge in [-0.15, -0.1) is 0 Å². The van der Waals surface area contributed by atoms with Crippen LogP contribution in [0, 0.1) is 58.2 Å². The van der Waals surface area contributed by atoms with E-state index in [1.165, 1.54) is 24.3 Å².